The maximum absolute atomic E-state index is 13.5. The van der Waals surface area contributed by atoms with E-state index in [-0.39, 0.29) is 11.9 Å². The summed E-state index contributed by atoms with van der Waals surface area (Å²) in [5, 5.41) is 11.0. The predicted molar refractivity (Wildman–Crippen MR) is 72.1 cm³/mol. The molecule has 3 heteroatoms. The lowest BCUT2D eigenvalue weighted by Crippen LogP contribution is -2.26. The minimum absolute atomic E-state index is 0.219. The Bertz CT molecular complexity index is 640. The van der Waals surface area contributed by atoms with Crippen molar-refractivity contribution in [1.82, 2.24) is 0 Å². The summed E-state index contributed by atoms with van der Waals surface area (Å²) in [7, 11) is 0. The largest absolute Gasteiger partial charge is 0.380 e. The highest BCUT2D eigenvalue weighted by molar-refractivity contribution is 5.49. The van der Waals surface area contributed by atoms with Crippen LogP contribution in [0.2, 0.25) is 0 Å². The zero-order valence-corrected chi connectivity index (χ0v) is 10.7. The van der Waals surface area contributed by atoms with Gasteiger partial charge in [-0.15, -0.1) is 0 Å². The molecule has 98 valence electrons. The summed E-state index contributed by atoms with van der Waals surface area (Å²) in [5.74, 6) is -0.341. The van der Waals surface area contributed by atoms with Crippen molar-refractivity contribution < 1.29 is 9.50 Å². The Labute approximate surface area is 111 Å². The molecule has 0 radical (unpaired) electrons. The fourth-order valence-electron chi connectivity index (χ4n) is 3.03. The molecule has 0 fully saturated rings. The molecule has 0 heterocycles. The first kappa shape index (κ1) is 12.3. The van der Waals surface area contributed by atoms with Gasteiger partial charge in [-0.1, -0.05) is 30.3 Å². The molecule has 0 saturated carbocycles. The quantitative estimate of drug-likeness (QED) is 0.825. The van der Waals surface area contributed by atoms with Crippen LogP contribution in [0.1, 0.15) is 34.7 Å². The van der Waals surface area contributed by atoms with Crippen LogP contribution >= 0.6 is 0 Å². The minimum atomic E-state index is -1.19. The van der Waals surface area contributed by atoms with Crippen LogP contribution in [0.15, 0.2) is 42.5 Å². The van der Waals surface area contributed by atoms with Crippen LogP contribution in [-0.4, -0.2) is 5.11 Å². The van der Waals surface area contributed by atoms with Gasteiger partial charge in [0, 0.05) is 12.5 Å². The van der Waals surface area contributed by atoms with Crippen molar-refractivity contribution in [3.05, 3.63) is 70.5 Å². The van der Waals surface area contributed by atoms with E-state index in [9.17, 15) is 9.50 Å². The highest BCUT2D eigenvalue weighted by Crippen LogP contribution is 2.47. The van der Waals surface area contributed by atoms with E-state index >= 15 is 0 Å². The molecule has 3 rings (SSSR count). The van der Waals surface area contributed by atoms with Crippen LogP contribution in [0.4, 0.5) is 4.39 Å². The van der Waals surface area contributed by atoms with Gasteiger partial charge in [0.1, 0.15) is 11.4 Å². The molecule has 1 aliphatic rings. The molecule has 2 unspecified atom stereocenters. The van der Waals surface area contributed by atoms with Crippen molar-refractivity contribution in [2.24, 2.45) is 5.73 Å². The van der Waals surface area contributed by atoms with Crippen molar-refractivity contribution in [3.8, 4) is 0 Å². The molecule has 0 spiro atoms. The number of halogens is 1. The third kappa shape index (κ3) is 1.78. The summed E-state index contributed by atoms with van der Waals surface area (Å²) in [6.45, 7) is 1.87. The second-order valence-corrected chi connectivity index (χ2v) is 5.22. The maximum Gasteiger partial charge on any atom is 0.123 e. The Kier molecular flexibility index (Phi) is 2.69. The first-order chi connectivity index (χ1) is 9.02. The van der Waals surface area contributed by atoms with Gasteiger partial charge in [-0.3, -0.25) is 0 Å². The van der Waals surface area contributed by atoms with Crippen LogP contribution in [-0.2, 0) is 5.60 Å². The van der Waals surface area contributed by atoms with Crippen molar-refractivity contribution in [1.29, 1.82) is 0 Å². The van der Waals surface area contributed by atoms with E-state index in [1.807, 2.05) is 31.2 Å². The predicted octanol–water partition coefficient (Wildman–Crippen LogP) is 2.77. The molecule has 2 atom stereocenters. The van der Waals surface area contributed by atoms with Crippen LogP contribution in [0, 0.1) is 12.7 Å². The third-order valence-corrected chi connectivity index (χ3v) is 3.97. The summed E-state index contributed by atoms with van der Waals surface area (Å²) in [6.07, 6.45) is 0.386. The molecule has 0 saturated heterocycles. The Balaban J connectivity index is 2.22. The van der Waals surface area contributed by atoms with Crippen molar-refractivity contribution >= 4 is 0 Å². The molecule has 3 N–H and O–H groups in total. The standard InChI is InChI=1S/C16H16FNO/c1-10-6-7-11(17)8-14(10)16(19)9-15(18)12-4-2-3-5-13(12)16/h2-8,15,19H,9,18H2,1H3. The number of nitrogens with two attached hydrogens (primary N) is 1. The molecule has 2 aromatic carbocycles. The lowest BCUT2D eigenvalue weighted by atomic mass is 9.85. The number of hydrogen-bond acceptors (Lipinski definition) is 2. The van der Waals surface area contributed by atoms with Gasteiger partial charge in [-0.05, 0) is 41.3 Å². The van der Waals surface area contributed by atoms with E-state index in [0.717, 1.165) is 16.7 Å². The first-order valence-corrected chi connectivity index (χ1v) is 6.36. The second kappa shape index (κ2) is 4.15. The Morgan fingerprint density at radius 1 is 1.21 bits per heavy atom. The average molecular weight is 257 g/mol. The fourth-order valence-corrected chi connectivity index (χ4v) is 3.03. The smallest absolute Gasteiger partial charge is 0.123 e. The van der Waals surface area contributed by atoms with Gasteiger partial charge in [-0.2, -0.15) is 0 Å². The summed E-state index contributed by atoms with van der Waals surface area (Å²) >= 11 is 0. The lowest BCUT2D eigenvalue weighted by molar-refractivity contribution is 0.0766. The van der Waals surface area contributed by atoms with Gasteiger partial charge >= 0.3 is 0 Å². The van der Waals surface area contributed by atoms with E-state index in [4.69, 9.17) is 5.73 Å². The topological polar surface area (TPSA) is 46.2 Å². The van der Waals surface area contributed by atoms with Gasteiger partial charge in [0.15, 0.2) is 0 Å². The van der Waals surface area contributed by atoms with Gasteiger partial charge in [-0.25, -0.2) is 4.39 Å². The van der Waals surface area contributed by atoms with Gasteiger partial charge < -0.3 is 10.8 Å². The van der Waals surface area contributed by atoms with E-state index in [0.29, 0.717) is 12.0 Å². The Morgan fingerprint density at radius 2 is 1.95 bits per heavy atom. The normalized spacial score (nSPS) is 25.4. The second-order valence-electron chi connectivity index (χ2n) is 5.22. The molecular formula is C16H16FNO. The summed E-state index contributed by atoms with van der Waals surface area (Å²) in [6, 6.07) is 11.9. The molecule has 0 bridgehead atoms. The number of rotatable bonds is 1. The minimum Gasteiger partial charge on any atom is -0.380 e. The summed E-state index contributed by atoms with van der Waals surface area (Å²) in [4.78, 5) is 0. The van der Waals surface area contributed by atoms with Gasteiger partial charge in [0.2, 0.25) is 0 Å². The SMILES string of the molecule is Cc1ccc(F)cc1C1(O)CC(N)c2ccccc21. The highest BCUT2D eigenvalue weighted by Gasteiger charge is 2.43. The monoisotopic (exact) mass is 257 g/mol. The number of hydrogen-bond donors (Lipinski definition) is 2. The molecule has 0 amide bonds. The van der Waals surface area contributed by atoms with E-state index in [1.165, 1.54) is 12.1 Å². The number of fused-ring (bicyclic) bond motifs is 1. The summed E-state index contributed by atoms with van der Waals surface area (Å²) in [5.41, 5.74) is 8.10. The maximum atomic E-state index is 13.5. The number of aliphatic hydroxyl groups is 1. The van der Waals surface area contributed by atoms with Crippen LogP contribution in [0.5, 0.6) is 0 Å². The average Bonchev–Trinajstić information content (AvgIpc) is 2.66. The van der Waals surface area contributed by atoms with Crippen LogP contribution in [0.3, 0.4) is 0 Å². The number of aryl methyl sites for hydroxylation is 1. The molecule has 0 aliphatic heterocycles. The zero-order valence-electron chi connectivity index (χ0n) is 10.7. The molecule has 2 aromatic rings. The van der Waals surface area contributed by atoms with E-state index in [2.05, 4.69) is 0 Å². The van der Waals surface area contributed by atoms with Gasteiger partial charge in [0.05, 0.1) is 0 Å². The molecule has 1 aliphatic carbocycles. The first-order valence-electron chi connectivity index (χ1n) is 6.36. The van der Waals surface area contributed by atoms with E-state index < -0.39 is 5.60 Å². The van der Waals surface area contributed by atoms with Gasteiger partial charge in [0.25, 0.3) is 0 Å². The third-order valence-electron chi connectivity index (χ3n) is 3.97. The number of benzene rings is 2. The van der Waals surface area contributed by atoms with Crippen LogP contribution < -0.4 is 5.73 Å². The molecular weight excluding hydrogens is 241 g/mol. The highest BCUT2D eigenvalue weighted by atomic mass is 19.1. The van der Waals surface area contributed by atoms with Crippen molar-refractivity contribution in [3.63, 3.8) is 0 Å². The Morgan fingerprint density at radius 3 is 2.74 bits per heavy atom. The van der Waals surface area contributed by atoms with Crippen molar-refractivity contribution in [2.75, 3.05) is 0 Å². The summed E-state index contributed by atoms with van der Waals surface area (Å²) < 4.78 is 13.5. The lowest BCUT2D eigenvalue weighted by Gasteiger charge is -2.26. The van der Waals surface area contributed by atoms with E-state index in [1.54, 1.807) is 6.07 Å². The van der Waals surface area contributed by atoms with Crippen molar-refractivity contribution in [2.45, 2.75) is 25.0 Å². The Hall–Kier alpha value is -1.71. The van der Waals surface area contributed by atoms with Crippen LogP contribution in [0.25, 0.3) is 0 Å². The molecule has 2 nitrogen and oxygen atoms in total. The molecule has 19 heavy (non-hydrogen) atoms. The molecule has 0 aromatic heterocycles. The zero-order chi connectivity index (χ0) is 13.6. The fraction of sp³-hybridized carbons (Fsp3) is 0.250.